The van der Waals surface area contributed by atoms with Crippen LogP contribution in [0.2, 0.25) is 0 Å². The second kappa shape index (κ2) is 6.45. The fourth-order valence-corrected chi connectivity index (χ4v) is 2.22. The van der Waals surface area contributed by atoms with Crippen LogP contribution in [0, 0.1) is 0 Å². The average molecular weight is 289 g/mol. The lowest BCUT2D eigenvalue weighted by Gasteiger charge is -2.14. The number of carbonyl (C=O) groups is 1. The van der Waals surface area contributed by atoms with Crippen LogP contribution in [0.25, 0.3) is 10.8 Å². The van der Waals surface area contributed by atoms with Crippen molar-refractivity contribution in [3.63, 3.8) is 0 Å². The molecule has 0 radical (unpaired) electrons. The molecule has 1 atom stereocenters. The van der Waals surface area contributed by atoms with Crippen LogP contribution in [0.1, 0.15) is 18.5 Å². The van der Waals surface area contributed by atoms with Crippen LogP contribution >= 0.6 is 0 Å². The molecule has 112 valence electrons. The van der Waals surface area contributed by atoms with Gasteiger partial charge in [-0.2, -0.15) is 0 Å². The molecular weight excluding hydrogens is 270 g/mol. The molecule has 0 aliphatic heterocycles. The summed E-state index contributed by atoms with van der Waals surface area (Å²) in [6, 6.07) is 9.80. The molecule has 0 aromatic heterocycles. The molecule has 2 N–H and O–H groups in total. The summed E-state index contributed by atoms with van der Waals surface area (Å²) < 4.78 is 10.6. The van der Waals surface area contributed by atoms with Crippen LogP contribution in [-0.2, 0) is 4.79 Å². The van der Waals surface area contributed by atoms with Gasteiger partial charge in [-0.1, -0.05) is 12.1 Å². The van der Waals surface area contributed by atoms with Gasteiger partial charge in [-0.25, -0.2) is 0 Å². The van der Waals surface area contributed by atoms with Gasteiger partial charge >= 0.3 is 5.97 Å². The molecule has 5 heteroatoms. The normalized spacial score (nSPS) is 12.1. The van der Waals surface area contributed by atoms with E-state index >= 15 is 0 Å². The molecule has 0 bridgehead atoms. The van der Waals surface area contributed by atoms with Crippen molar-refractivity contribution in [2.45, 2.75) is 13.0 Å². The Bertz CT molecular complexity index is 654. The zero-order chi connectivity index (χ0) is 15.4. The summed E-state index contributed by atoms with van der Waals surface area (Å²) in [4.78, 5) is 10.6. The van der Waals surface area contributed by atoms with Crippen LogP contribution in [0.4, 0.5) is 0 Å². The summed E-state index contributed by atoms with van der Waals surface area (Å²) in [6.45, 7) is 1.87. The number of carboxylic acid groups (broad SMARTS) is 1. The van der Waals surface area contributed by atoms with Crippen molar-refractivity contribution in [2.24, 2.45) is 0 Å². The van der Waals surface area contributed by atoms with E-state index < -0.39 is 5.97 Å². The third-order valence-corrected chi connectivity index (χ3v) is 3.43. The largest absolute Gasteiger partial charge is 0.493 e. The van der Waals surface area contributed by atoms with E-state index in [9.17, 15) is 4.79 Å². The van der Waals surface area contributed by atoms with Crippen LogP contribution in [0.15, 0.2) is 30.3 Å². The van der Waals surface area contributed by atoms with Crippen molar-refractivity contribution in [2.75, 3.05) is 20.8 Å². The number of benzene rings is 2. The maximum absolute atomic E-state index is 10.6. The second-order valence-corrected chi connectivity index (χ2v) is 4.81. The van der Waals surface area contributed by atoms with Crippen molar-refractivity contribution >= 4 is 16.7 Å². The molecule has 2 aromatic carbocycles. The maximum Gasteiger partial charge on any atom is 0.317 e. The average Bonchev–Trinajstić information content (AvgIpc) is 2.50. The van der Waals surface area contributed by atoms with Crippen molar-refractivity contribution in [1.82, 2.24) is 5.32 Å². The number of ether oxygens (including phenoxy) is 2. The maximum atomic E-state index is 10.6. The number of hydrogen-bond acceptors (Lipinski definition) is 4. The monoisotopic (exact) mass is 289 g/mol. The predicted octanol–water partition coefficient (Wildman–Crippen LogP) is 2.59. The summed E-state index contributed by atoms with van der Waals surface area (Å²) in [5.41, 5.74) is 1.02. The Morgan fingerprint density at radius 1 is 1.14 bits per heavy atom. The number of methoxy groups -OCH3 is 2. The Morgan fingerprint density at radius 2 is 1.76 bits per heavy atom. The molecule has 0 aliphatic rings. The summed E-state index contributed by atoms with van der Waals surface area (Å²) in [7, 11) is 3.21. The van der Waals surface area contributed by atoms with E-state index in [1.807, 2.05) is 37.3 Å². The molecule has 5 nitrogen and oxygen atoms in total. The highest BCUT2D eigenvalue weighted by molar-refractivity contribution is 5.86. The molecule has 0 spiro atoms. The molecular formula is C16H19NO4. The van der Waals surface area contributed by atoms with Gasteiger partial charge in [0.1, 0.15) is 0 Å². The topological polar surface area (TPSA) is 67.8 Å². The van der Waals surface area contributed by atoms with E-state index in [2.05, 4.69) is 5.32 Å². The molecule has 0 amide bonds. The first kappa shape index (κ1) is 15.1. The standard InChI is InChI=1S/C16H19NO4/c1-10(17-9-16(18)19)11-4-5-12-7-14(20-2)15(21-3)8-13(12)6-11/h4-8,10,17H,9H2,1-3H3,(H,18,19). The van der Waals surface area contributed by atoms with E-state index in [-0.39, 0.29) is 12.6 Å². The van der Waals surface area contributed by atoms with Gasteiger partial charge in [0.25, 0.3) is 0 Å². The first-order chi connectivity index (χ1) is 10.0. The van der Waals surface area contributed by atoms with Gasteiger partial charge in [0.2, 0.25) is 0 Å². The van der Waals surface area contributed by atoms with Crippen LogP contribution in [-0.4, -0.2) is 31.8 Å². The van der Waals surface area contributed by atoms with Crippen LogP contribution in [0.3, 0.4) is 0 Å². The van der Waals surface area contributed by atoms with E-state index in [0.29, 0.717) is 11.5 Å². The Hall–Kier alpha value is -2.27. The predicted molar refractivity (Wildman–Crippen MR) is 81.1 cm³/mol. The minimum Gasteiger partial charge on any atom is -0.493 e. The lowest BCUT2D eigenvalue weighted by Crippen LogP contribution is -2.25. The molecule has 0 aliphatic carbocycles. The van der Waals surface area contributed by atoms with Crippen molar-refractivity contribution in [1.29, 1.82) is 0 Å². The summed E-state index contributed by atoms with van der Waals surface area (Å²) in [5, 5.41) is 13.7. The second-order valence-electron chi connectivity index (χ2n) is 4.81. The van der Waals surface area contributed by atoms with Gasteiger partial charge in [-0.3, -0.25) is 4.79 Å². The highest BCUT2D eigenvalue weighted by Gasteiger charge is 2.10. The number of rotatable bonds is 6. The molecule has 21 heavy (non-hydrogen) atoms. The number of aliphatic carboxylic acids is 1. The smallest absolute Gasteiger partial charge is 0.317 e. The SMILES string of the molecule is COc1cc2ccc(C(C)NCC(=O)O)cc2cc1OC. The van der Waals surface area contributed by atoms with E-state index in [4.69, 9.17) is 14.6 Å². The fraction of sp³-hybridized carbons (Fsp3) is 0.312. The summed E-state index contributed by atoms with van der Waals surface area (Å²) >= 11 is 0. The van der Waals surface area contributed by atoms with Crippen LogP contribution < -0.4 is 14.8 Å². The minimum atomic E-state index is -0.867. The quantitative estimate of drug-likeness (QED) is 0.855. The van der Waals surface area contributed by atoms with Gasteiger partial charge < -0.3 is 19.9 Å². The minimum absolute atomic E-state index is 0.0430. The Balaban J connectivity index is 2.34. The van der Waals surface area contributed by atoms with Gasteiger partial charge in [0.15, 0.2) is 11.5 Å². The fourth-order valence-electron chi connectivity index (χ4n) is 2.22. The lowest BCUT2D eigenvalue weighted by molar-refractivity contribution is -0.136. The Morgan fingerprint density at radius 3 is 2.33 bits per heavy atom. The molecule has 0 fully saturated rings. The third kappa shape index (κ3) is 3.44. The molecule has 0 saturated carbocycles. The first-order valence-electron chi connectivity index (χ1n) is 6.66. The lowest BCUT2D eigenvalue weighted by atomic mass is 10.0. The highest BCUT2D eigenvalue weighted by Crippen LogP contribution is 2.33. The summed E-state index contributed by atoms with van der Waals surface area (Å²) in [5.74, 6) is 0.497. The number of nitrogens with one attached hydrogen (secondary N) is 1. The van der Waals surface area contributed by atoms with Gasteiger partial charge in [-0.05, 0) is 41.5 Å². The zero-order valence-electron chi connectivity index (χ0n) is 12.3. The van der Waals surface area contributed by atoms with E-state index in [1.54, 1.807) is 14.2 Å². The van der Waals surface area contributed by atoms with Crippen molar-refractivity contribution in [3.05, 3.63) is 35.9 Å². The number of fused-ring (bicyclic) bond motifs is 1. The number of hydrogen-bond donors (Lipinski definition) is 2. The van der Waals surface area contributed by atoms with Gasteiger partial charge in [0, 0.05) is 6.04 Å². The van der Waals surface area contributed by atoms with Gasteiger partial charge in [0.05, 0.1) is 20.8 Å². The van der Waals surface area contributed by atoms with Crippen LogP contribution in [0.5, 0.6) is 11.5 Å². The molecule has 1 unspecified atom stereocenters. The zero-order valence-corrected chi connectivity index (χ0v) is 12.3. The first-order valence-corrected chi connectivity index (χ1v) is 6.66. The molecule has 0 saturated heterocycles. The number of carboxylic acids is 1. The molecule has 0 heterocycles. The van der Waals surface area contributed by atoms with Gasteiger partial charge in [-0.15, -0.1) is 0 Å². The summed E-state index contributed by atoms with van der Waals surface area (Å²) in [6.07, 6.45) is 0. The Labute approximate surface area is 123 Å². The van der Waals surface area contributed by atoms with Crippen molar-refractivity contribution in [3.8, 4) is 11.5 Å². The van der Waals surface area contributed by atoms with Crippen molar-refractivity contribution < 1.29 is 19.4 Å². The van der Waals surface area contributed by atoms with E-state index in [1.165, 1.54) is 0 Å². The van der Waals surface area contributed by atoms with E-state index in [0.717, 1.165) is 16.3 Å². The highest BCUT2D eigenvalue weighted by atomic mass is 16.5. The third-order valence-electron chi connectivity index (χ3n) is 3.43. The molecule has 2 rings (SSSR count). The Kier molecular flexibility index (Phi) is 4.65. The molecule has 2 aromatic rings.